The lowest BCUT2D eigenvalue weighted by Gasteiger charge is -2.32. The number of anilines is 1. The number of piperidine rings is 1. The van der Waals surface area contributed by atoms with Gasteiger partial charge in [0.25, 0.3) is 0 Å². The highest BCUT2D eigenvalue weighted by Crippen LogP contribution is 2.29. The Morgan fingerprint density at radius 2 is 2.05 bits per heavy atom. The topological polar surface area (TPSA) is 37.4 Å². The summed E-state index contributed by atoms with van der Waals surface area (Å²) in [6, 6.07) is 7.81. The second-order valence-corrected chi connectivity index (χ2v) is 6.36. The van der Waals surface area contributed by atoms with E-state index in [1.807, 2.05) is 38.1 Å². The standard InChI is InChI=1S/C15H18INO2/c1-10(2)14(18)11-6-5-9-17(15(11)19)13-8-4-3-7-12(13)16/h3-4,7-8,10-11H,5-6,9H2,1-2H3. The molecule has 0 aromatic heterocycles. The van der Waals surface area contributed by atoms with Crippen LogP contribution in [-0.4, -0.2) is 18.2 Å². The maximum Gasteiger partial charge on any atom is 0.237 e. The first-order valence-corrected chi connectivity index (χ1v) is 7.70. The van der Waals surface area contributed by atoms with Crippen molar-refractivity contribution < 1.29 is 9.59 Å². The molecule has 1 aromatic rings. The van der Waals surface area contributed by atoms with E-state index in [9.17, 15) is 9.59 Å². The lowest BCUT2D eigenvalue weighted by molar-refractivity contribution is -0.135. The molecular weight excluding hydrogens is 353 g/mol. The normalized spacial score (nSPS) is 19.9. The number of amides is 1. The summed E-state index contributed by atoms with van der Waals surface area (Å²) < 4.78 is 1.05. The van der Waals surface area contributed by atoms with Crippen LogP contribution in [0.5, 0.6) is 0 Å². The maximum absolute atomic E-state index is 12.5. The van der Waals surface area contributed by atoms with Crippen molar-refractivity contribution in [3.8, 4) is 0 Å². The number of para-hydroxylation sites is 1. The van der Waals surface area contributed by atoms with Crippen LogP contribution in [0, 0.1) is 15.4 Å². The molecule has 1 heterocycles. The smallest absolute Gasteiger partial charge is 0.237 e. The molecule has 0 saturated carbocycles. The molecule has 3 nitrogen and oxygen atoms in total. The van der Waals surface area contributed by atoms with Crippen molar-refractivity contribution >= 4 is 40.0 Å². The molecule has 1 saturated heterocycles. The molecule has 0 spiro atoms. The Hall–Kier alpha value is -0.910. The molecule has 1 aromatic carbocycles. The largest absolute Gasteiger partial charge is 0.311 e. The summed E-state index contributed by atoms with van der Waals surface area (Å²) >= 11 is 2.23. The minimum atomic E-state index is -0.454. The van der Waals surface area contributed by atoms with Crippen LogP contribution in [0.3, 0.4) is 0 Å². The number of hydrogen-bond acceptors (Lipinski definition) is 2. The fraction of sp³-hybridized carbons (Fsp3) is 0.467. The number of Topliss-reactive ketones (excluding diaryl/α,β-unsaturated/α-hetero) is 1. The number of halogens is 1. The monoisotopic (exact) mass is 371 g/mol. The summed E-state index contributed by atoms with van der Waals surface area (Å²) in [4.78, 5) is 26.4. The zero-order valence-corrected chi connectivity index (χ0v) is 13.4. The number of rotatable bonds is 3. The SMILES string of the molecule is CC(C)C(=O)C1CCCN(c2ccccc2I)C1=O. The summed E-state index contributed by atoms with van der Waals surface area (Å²) in [6.07, 6.45) is 1.58. The number of benzene rings is 1. The van der Waals surface area contributed by atoms with Gasteiger partial charge in [0.15, 0.2) is 0 Å². The van der Waals surface area contributed by atoms with Gasteiger partial charge in [-0.2, -0.15) is 0 Å². The van der Waals surface area contributed by atoms with Crippen molar-refractivity contribution in [3.63, 3.8) is 0 Å². The molecule has 4 heteroatoms. The van der Waals surface area contributed by atoms with E-state index in [0.29, 0.717) is 13.0 Å². The van der Waals surface area contributed by atoms with E-state index in [4.69, 9.17) is 0 Å². The zero-order chi connectivity index (χ0) is 14.0. The summed E-state index contributed by atoms with van der Waals surface area (Å²) in [5, 5.41) is 0. The molecule has 102 valence electrons. The predicted molar refractivity (Wildman–Crippen MR) is 84.1 cm³/mol. The van der Waals surface area contributed by atoms with Gasteiger partial charge in [-0.15, -0.1) is 0 Å². The van der Waals surface area contributed by atoms with Gasteiger partial charge in [-0.25, -0.2) is 0 Å². The third-order valence-electron chi connectivity index (χ3n) is 3.49. The first-order valence-electron chi connectivity index (χ1n) is 6.62. The summed E-state index contributed by atoms with van der Waals surface area (Å²) in [5.74, 6) is -0.497. The number of nitrogens with zero attached hydrogens (tertiary/aromatic N) is 1. The molecule has 2 rings (SSSR count). The third-order valence-corrected chi connectivity index (χ3v) is 4.41. The van der Waals surface area contributed by atoms with E-state index in [0.717, 1.165) is 15.7 Å². The van der Waals surface area contributed by atoms with Gasteiger partial charge in [0.05, 0.1) is 11.6 Å². The average Bonchev–Trinajstić information content (AvgIpc) is 2.39. The van der Waals surface area contributed by atoms with E-state index in [1.54, 1.807) is 4.90 Å². The quantitative estimate of drug-likeness (QED) is 0.604. The molecule has 0 N–H and O–H groups in total. The van der Waals surface area contributed by atoms with Gasteiger partial charge in [-0.3, -0.25) is 9.59 Å². The van der Waals surface area contributed by atoms with Gasteiger partial charge in [0, 0.05) is 16.0 Å². The molecule has 1 amide bonds. The lowest BCUT2D eigenvalue weighted by Crippen LogP contribution is -2.45. The number of carbonyl (C=O) groups excluding carboxylic acids is 2. The molecule has 0 aliphatic carbocycles. The molecule has 19 heavy (non-hydrogen) atoms. The molecule has 1 unspecified atom stereocenters. The Labute approximate surface area is 127 Å². The highest BCUT2D eigenvalue weighted by atomic mass is 127. The van der Waals surface area contributed by atoms with Crippen LogP contribution in [0.25, 0.3) is 0 Å². The van der Waals surface area contributed by atoms with Crippen molar-refractivity contribution in [1.82, 2.24) is 0 Å². The molecule has 0 radical (unpaired) electrons. The fourth-order valence-corrected chi connectivity index (χ4v) is 3.13. The van der Waals surface area contributed by atoms with Crippen LogP contribution in [0.2, 0.25) is 0 Å². The Bertz CT molecular complexity index is 499. The number of hydrogen-bond donors (Lipinski definition) is 0. The number of carbonyl (C=O) groups is 2. The first-order chi connectivity index (χ1) is 9.02. The van der Waals surface area contributed by atoms with Crippen molar-refractivity contribution in [2.24, 2.45) is 11.8 Å². The fourth-order valence-electron chi connectivity index (χ4n) is 2.45. The van der Waals surface area contributed by atoms with Crippen molar-refractivity contribution in [1.29, 1.82) is 0 Å². The van der Waals surface area contributed by atoms with Crippen LogP contribution < -0.4 is 4.90 Å². The summed E-state index contributed by atoms with van der Waals surface area (Å²) in [6.45, 7) is 4.43. The van der Waals surface area contributed by atoms with E-state index < -0.39 is 5.92 Å². The minimum Gasteiger partial charge on any atom is -0.311 e. The first kappa shape index (κ1) is 14.5. The second-order valence-electron chi connectivity index (χ2n) is 5.19. The Morgan fingerprint density at radius 1 is 1.37 bits per heavy atom. The minimum absolute atomic E-state index is 0.0333. The summed E-state index contributed by atoms with van der Waals surface area (Å²) in [7, 11) is 0. The Kier molecular flexibility index (Phi) is 4.60. The van der Waals surface area contributed by atoms with Gasteiger partial charge >= 0.3 is 0 Å². The molecule has 0 bridgehead atoms. The zero-order valence-electron chi connectivity index (χ0n) is 11.2. The molecular formula is C15H18INO2. The summed E-state index contributed by atoms with van der Waals surface area (Å²) in [5.41, 5.74) is 0.925. The molecule has 1 atom stereocenters. The van der Waals surface area contributed by atoms with Crippen molar-refractivity contribution in [2.45, 2.75) is 26.7 Å². The lowest BCUT2D eigenvalue weighted by atomic mass is 9.87. The Balaban J connectivity index is 2.26. The van der Waals surface area contributed by atoms with E-state index in [2.05, 4.69) is 22.6 Å². The van der Waals surface area contributed by atoms with Gasteiger partial charge in [-0.05, 0) is 47.6 Å². The van der Waals surface area contributed by atoms with Crippen LogP contribution in [0.1, 0.15) is 26.7 Å². The van der Waals surface area contributed by atoms with Crippen molar-refractivity contribution in [2.75, 3.05) is 11.4 Å². The van der Waals surface area contributed by atoms with Crippen LogP contribution in [0.15, 0.2) is 24.3 Å². The van der Waals surface area contributed by atoms with E-state index in [-0.39, 0.29) is 17.6 Å². The van der Waals surface area contributed by atoms with Gasteiger partial charge < -0.3 is 4.90 Å². The van der Waals surface area contributed by atoms with Crippen LogP contribution >= 0.6 is 22.6 Å². The molecule has 1 fully saturated rings. The van der Waals surface area contributed by atoms with Gasteiger partial charge in [0.2, 0.25) is 5.91 Å². The predicted octanol–water partition coefficient (Wildman–Crippen LogP) is 3.26. The van der Waals surface area contributed by atoms with Crippen molar-refractivity contribution in [3.05, 3.63) is 27.8 Å². The highest BCUT2D eigenvalue weighted by molar-refractivity contribution is 14.1. The molecule has 1 aliphatic rings. The van der Waals surface area contributed by atoms with Crippen LogP contribution in [0.4, 0.5) is 5.69 Å². The average molecular weight is 371 g/mol. The third kappa shape index (κ3) is 2.99. The highest BCUT2D eigenvalue weighted by Gasteiger charge is 2.35. The van der Waals surface area contributed by atoms with Gasteiger partial charge in [-0.1, -0.05) is 26.0 Å². The molecule has 1 aliphatic heterocycles. The Morgan fingerprint density at radius 3 is 2.68 bits per heavy atom. The van der Waals surface area contributed by atoms with E-state index in [1.165, 1.54) is 0 Å². The van der Waals surface area contributed by atoms with E-state index >= 15 is 0 Å². The number of ketones is 1. The maximum atomic E-state index is 12.5. The van der Waals surface area contributed by atoms with Crippen LogP contribution in [-0.2, 0) is 9.59 Å². The second kappa shape index (κ2) is 6.03. The van der Waals surface area contributed by atoms with Gasteiger partial charge in [0.1, 0.15) is 5.78 Å².